The highest BCUT2D eigenvalue weighted by molar-refractivity contribution is 5.64. The number of halogens is 6. The van der Waals surface area contributed by atoms with E-state index >= 15 is 0 Å². The van der Waals surface area contributed by atoms with Crippen LogP contribution < -0.4 is 4.74 Å². The van der Waals surface area contributed by atoms with Crippen LogP contribution in [-0.2, 0) is 11.2 Å². The molecule has 2 nitrogen and oxygen atoms in total. The summed E-state index contributed by atoms with van der Waals surface area (Å²) in [5.74, 6) is 0.855. The van der Waals surface area contributed by atoms with Gasteiger partial charge in [-0.05, 0) is 66.3 Å². The quantitative estimate of drug-likeness (QED) is 0.348. The summed E-state index contributed by atoms with van der Waals surface area (Å²) in [7, 11) is 1.75. The number of aryl methyl sites for hydroxylation is 1. The van der Waals surface area contributed by atoms with Crippen LogP contribution in [0.4, 0.5) is 26.3 Å². The van der Waals surface area contributed by atoms with Crippen LogP contribution in [0.25, 0.3) is 11.1 Å². The van der Waals surface area contributed by atoms with Crippen molar-refractivity contribution in [2.45, 2.75) is 57.0 Å². The van der Waals surface area contributed by atoms with Gasteiger partial charge in [-0.25, -0.2) is 4.39 Å². The molecule has 3 rings (SSSR count). The van der Waals surface area contributed by atoms with Gasteiger partial charge in [0.05, 0.1) is 0 Å². The molecule has 8 heteroatoms. The summed E-state index contributed by atoms with van der Waals surface area (Å²) < 4.78 is 85.7. The molecule has 0 amide bonds. The first kappa shape index (κ1) is 25.4. The van der Waals surface area contributed by atoms with Crippen molar-refractivity contribution in [1.29, 1.82) is 0 Å². The summed E-state index contributed by atoms with van der Waals surface area (Å²) in [5, 5.41) is 0. The maximum absolute atomic E-state index is 13.4. The molecule has 0 bridgehead atoms. The van der Waals surface area contributed by atoms with E-state index in [0.29, 0.717) is 11.5 Å². The lowest BCUT2D eigenvalue weighted by Crippen LogP contribution is -2.45. The van der Waals surface area contributed by atoms with Gasteiger partial charge in [-0.15, -0.1) is 0 Å². The first-order valence-corrected chi connectivity index (χ1v) is 11.0. The van der Waals surface area contributed by atoms with E-state index in [4.69, 9.17) is 4.74 Å². The van der Waals surface area contributed by atoms with Crippen molar-refractivity contribution in [2.75, 3.05) is 13.7 Å². The topological polar surface area (TPSA) is 18.5 Å². The number of hydrogen-bond donors (Lipinski definition) is 0. The second-order valence-corrected chi connectivity index (χ2v) is 8.67. The second-order valence-electron chi connectivity index (χ2n) is 8.67. The zero-order valence-corrected chi connectivity index (χ0v) is 18.4. The van der Waals surface area contributed by atoms with Crippen LogP contribution in [0.1, 0.15) is 37.7 Å². The molecule has 1 unspecified atom stereocenters. The molecule has 0 radical (unpaired) electrons. The monoisotopic (exact) mass is 474 g/mol. The number of rotatable bonds is 9. The van der Waals surface area contributed by atoms with E-state index < -0.39 is 24.2 Å². The number of alkyl halides is 6. The first-order chi connectivity index (χ1) is 15.6. The molecule has 2 aromatic rings. The SMILES string of the molecule is COCC1CCC(CCc2ccc(-c3ccc(OC(F)(F)C(F)C(F)(F)F)cc3)cc2)CC1. The Morgan fingerprint density at radius 2 is 1.33 bits per heavy atom. The molecule has 1 aliphatic rings. The molecule has 33 heavy (non-hydrogen) atoms. The van der Waals surface area contributed by atoms with Crippen molar-refractivity contribution in [1.82, 2.24) is 0 Å². The minimum Gasteiger partial charge on any atom is -0.430 e. The molecule has 1 fully saturated rings. The Bertz CT molecular complexity index is 856. The van der Waals surface area contributed by atoms with E-state index in [9.17, 15) is 26.3 Å². The van der Waals surface area contributed by atoms with Gasteiger partial charge in [0.2, 0.25) is 0 Å². The second kappa shape index (κ2) is 10.8. The molecular formula is C25H28F6O2. The molecule has 1 atom stereocenters. The Labute approximate surface area is 189 Å². The normalized spacial score (nSPS) is 20.5. The average Bonchev–Trinajstić information content (AvgIpc) is 2.78. The Balaban J connectivity index is 1.52. The number of methoxy groups -OCH3 is 1. The molecule has 0 saturated heterocycles. The third-order valence-electron chi connectivity index (χ3n) is 6.19. The van der Waals surface area contributed by atoms with Crippen LogP contribution in [-0.4, -0.2) is 32.2 Å². The van der Waals surface area contributed by atoms with Crippen LogP contribution >= 0.6 is 0 Å². The number of benzene rings is 2. The zero-order valence-electron chi connectivity index (χ0n) is 18.4. The van der Waals surface area contributed by atoms with Crippen LogP contribution in [0.15, 0.2) is 48.5 Å². The highest BCUT2D eigenvalue weighted by atomic mass is 19.4. The first-order valence-electron chi connectivity index (χ1n) is 11.0. The lowest BCUT2D eigenvalue weighted by molar-refractivity contribution is -0.304. The minimum atomic E-state index is -5.71. The molecule has 182 valence electrons. The summed E-state index contributed by atoms with van der Waals surface area (Å²) in [6, 6.07) is 12.9. The van der Waals surface area contributed by atoms with Crippen molar-refractivity contribution in [3.05, 3.63) is 54.1 Å². The third-order valence-corrected chi connectivity index (χ3v) is 6.19. The predicted octanol–water partition coefficient (Wildman–Crippen LogP) is 7.61. The molecule has 2 aromatic carbocycles. The van der Waals surface area contributed by atoms with Crippen molar-refractivity contribution >= 4 is 0 Å². The maximum atomic E-state index is 13.4. The summed E-state index contributed by atoms with van der Waals surface area (Å²) >= 11 is 0. The third kappa shape index (κ3) is 7.13. The Kier molecular flexibility index (Phi) is 8.32. The van der Waals surface area contributed by atoms with E-state index in [1.54, 1.807) is 7.11 Å². The van der Waals surface area contributed by atoms with Crippen LogP contribution in [0.3, 0.4) is 0 Å². The smallest absolute Gasteiger partial charge is 0.430 e. The molecular weight excluding hydrogens is 446 g/mol. The van der Waals surface area contributed by atoms with E-state index in [1.165, 1.54) is 43.4 Å². The molecule has 0 spiro atoms. The largest absolute Gasteiger partial charge is 0.439 e. The lowest BCUT2D eigenvalue weighted by Gasteiger charge is -2.28. The van der Waals surface area contributed by atoms with Gasteiger partial charge in [0, 0.05) is 13.7 Å². The molecule has 0 N–H and O–H groups in total. The number of ether oxygens (including phenoxy) is 2. The Morgan fingerprint density at radius 1 is 0.818 bits per heavy atom. The highest BCUT2D eigenvalue weighted by Gasteiger charge is 2.59. The Hall–Kier alpha value is -2.22. The van der Waals surface area contributed by atoms with E-state index in [0.717, 1.165) is 43.1 Å². The summed E-state index contributed by atoms with van der Waals surface area (Å²) in [4.78, 5) is 0. The van der Waals surface area contributed by atoms with Gasteiger partial charge in [-0.1, -0.05) is 49.2 Å². The van der Waals surface area contributed by atoms with E-state index in [2.05, 4.69) is 4.74 Å². The van der Waals surface area contributed by atoms with Gasteiger partial charge in [0.25, 0.3) is 6.17 Å². The molecule has 0 aliphatic heterocycles. The standard InChI is InChI=1S/C25H28F6O2/c1-32-16-19-6-4-17(5-7-19)2-3-18-8-10-20(11-9-18)21-12-14-22(15-13-21)33-25(30,31)23(26)24(27,28)29/h8-15,17,19,23H,2-7,16H2,1H3. The van der Waals surface area contributed by atoms with Crippen LogP contribution in [0.2, 0.25) is 0 Å². The summed E-state index contributed by atoms with van der Waals surface area (Å²) in [5.41, 5.74) is 2.72. The van der Waals surface area contributed by atoms with Gasteiger partial charge < -0.3 is 9.47 Å². The molecule has 1 aliphatic carbocycles. The van der Waals surface area contributed by atoms with Crippen molar-refractivity contribution in [2.24, 2.45) is 11.8 Å². The molecule has 1 saturated carbocycles. The summed E-state index contributed by atoms with van der Waals surface area (Å²) in [6.07, 6.45) is -8.14. The van der Waals surface area contributed by atoms with Crippen LogP contribution in [0.5, 0.6) is 5.75 Å². The predicted molar refractivity (Wildman–Crippen MR) is 114 cm³/mol. The van der Waals surface area contributed by atoms with Gasteiger partial charge >= 0.3 is 12.3 Å². The van der Waals surface area contributed by atoms with Gasteiger partial charge in [-0.2, -0.15) is 22.0 Å². The minimum absolute atomic E-state index is 0.549. The number of hydrogen-bond acceptors (Lipinski definition) is 2. The van der Waals surface area contributed by atoms with Crippen molar-refractivity contribution in [3.8, 4) is 16.9 Å². The fourth-order valence-electron chi connectivity index (χ4n) is 4.27. The fraction of sp³-hybridized carbons (Fsp3) is 0.520. The van der Waals surface area contributed by atoms with Gasteiger partial charge in [0.1, 0.15) is 5.75 Å². The molecule has 0 heterocycles. The summed E-state index contributed by atoms with van der Waals surface area (Å²) in [6.45, 7) is 0.841. The van der Waals surface area contributed by atoms with Gasteiger partial charge in [0.15, 0.2) is 0 Å². The molecule has 0 aromatic heterocycles. The van der Waals surface area contributed by atoms with Crippen molar-refractivity contribution in [3.63, 3.8) is 0 Å². The highest BCUT2D eigenvalue weighted by Crippen LogP contribution is 2.37. The van der Waals surface area contributed by atoms with E-state index in [-0.39, 0.29) is 0 Å². The van der Waals surface area contributed by atoms with Gasteiger partial charge in [-0.3, -0.25) is 0 Å². The Morgan fingerprint density at radius 3 is 1.85 bits per heavy atom. The maximum Gasteiger partial charge on any atom is 0.439 e. The van der Waals surface area contributed by atoms with Crippen LogP contribution in [0, 0.1) is 11.8 Å². The zero-order chi connectivity index (χ0) is 24.1. The van der Waals surface area contributed by atoms with Crippen molar-refractivity contribution < 1.29 is 35.8 Å². The average molecular weight is 474 g/mol. The van der Waals surface area contributed by atoms with E-state index in [1.807, 2.05) is 24.3 Å². The lowest BCUT2D eigenvalue weighted by atomic mass is 9.80. The fourth-order valence-corrected chi connectivity index (χ4v) is 4.27.